The second kappa shape index (κ2) is 3.83. The highest BCUT2D eigenvalue weighted by atomic mass is 32.2. The highest BCUT2D eigenvalue weighted by molar-refractivity contribution is 7.99. The van der Waals surface area contributed by atoms with Crippen molar-refractivity contribution in [3.05, 3.63) is 0 Å². The van der Waals surface area contributed by atoms with E-state index in [0.29, 0.717) is 6.54 Å². The van der Waals surface area contributed by atoms with E-state index >= 15 is 0 Å². The molecule has 10 heavy (non-hydrogen) atoms. The summed E-state index contributed by atoms with van der Waals surface area (Å²) in [5.74, 6) is 1.46. The van der Waals surface area contributed by atoms with Crippen LogP contribution in [0.3, 0.4) is 0 Å². The number of rotatable bonds is 3. The van der Waals surface area contributed by atoms with E-state index in [1.165, 1.54) is 0 Å². The largest absolute Gasteiger partial charge is 0.481 e. The van der Waals surface area contributed by atoms with E-state index in [4.69, 9.17) is 5.11 Å². The van der Waals surface area contributed by atoms with Crippen molar-refractivity contribution in [3.63, 3.8) is 0 Å². The summed E-state index contributed by atoms with van der Waals surface area (Å²) in [4.78, 5) is 12.3. The van der Waals surface area contributed by atoms with Crippen molar-refractivity contribution in [3.8, 4) is 0 Å². The third-order valence-corrected chi connectivity index (χ3v) is 2.49. The van der Waals surface area contributed by atoms with E-state index in [2.05, 4.69) is 4.90 Å². The van der Waals surface area contributed by atoms with Gasteiger partial charge in [-0.05, 0) is 0 Å². The standard InChI is InChI=1S/C6H11NO2S/c8-6(9)1-2-7-3-4-10-5-7/h1-5H2,(H,8,9). The Morgan fingerprint density at radius 1 is 1.70 bits per heavy atom. The third-order valence-electron chi connectivity index (χ3n) is 1.47. The molecule has 0 unspecified atom stereocenters. The molecule has 0 spiro atoms. The van der Waals surface area contributed by atoms with E-state index in [9.17, 15) is 4.79 Å². The highest BCUT2D eigenvalue weighted by Crippen LogP contribution is 2.12. The fourth-order valence-corrected chi connectivity index (χ4v) is 1.91. The first-order chi connectivity index (χ1) is 4.79. The first-order valence-electron chi connectivity index (χ1n) is 3.31. The molecular formula is C6H11NO2S. The van der Waals surface area contributed by atoms with Crippen LogP contribution in [0.15, 0.2) is 0 Å². The lowest BCUT2D eigenvalue weighted by Crippen LogP contribution is -2.22. The van der Waals surface area contributed by atoms with Gasteiger partial charge in [-0.15, -0.1) is 11.8 Å². The quantitative estimate of drug-likeness (QED) is 0.653. The molecule has 1 aliphatic rings. The van der Waals surface area contributed by atoms with Gasteiger partial charge in [0, 0.05) is 24.7 Å². The van der Waals surface area contributed by atoms with E-state index < -0.39 is 5.97 Å². The number of thioether (sulfide) groups is 1. The monoisotopic (exact) mass is 161 g/mol. The smallest absolute Gasteiger partial charge is 0.304 e. The van der Waals surface area contributed by atoms with Gasteiger partial charge < -0.3 is 5.11 Å². The Morgan fingerprint density at radius 2 is 2.50 bits per heavy atom. The van der Waals surface area contributed by atoms with Crippen molar-refractivity contribution in [1.29, 1.82) is 0 Å². The van der Waals surface area contributed by atoms with E-state index in [-0.39, 0.29) is 6.42 Å². The Kier molecular flexibility index (Phi) is 3.02. The zero-order chi connectivity index (χ0) is 7.40. The van der Waals surface area contributed by atoms with Crippen molar-refractivity contribution in [1.82, 2.24) is 4.90 Å². The molecule has 0 aromatic heterocycles. The number of carbonyl (C=O) groups is 1. The van der Waals surface area contributed by atoms with Gasteiger partial charge in [0.25, 0.3) is 0 Å². The fourth-order valence-electron chi connectivity index (χ4n) is 0.882. The molecule has 0 atom stereocenters. The van der Waals surface area contributed by atoms with Crippen LogP contribution in [-0.4, -0.2) is 40.7 Å². The average Bonchev–Trinajstić information content (AvgIpc) is 2.34. The Morgan fingerprint density at radius 3 is 3.00 bits per heavy atom. The summed E-state index contributed by atoms with van der Waals surface area (Å²) < 4.78 is 0. The first kappa shape index (κ1) is 7.88. The molecule has 1 heterocycles. The first-order valence-corrected chi connectivity index (χ1v) is 4.46. The third kappa shape index (κ3) is 2.58. The van der Waals surface area contributed by atoms with Gasteiger partial charge in [-0.25, -0.2) is 0 Å². The molecule has 1 fully saturated rings. The molecule has 0 aliphatic carbocycles. The SMILES string of the molecule is O=C(O)CCN1CCSC1. The second-order valence-electron chi connectivity index (χ2n) is 2.30. The Balaban J connectivity index is 2.07. The molecule has 0 aromatic rings. The maximum atomic E-state index is 10.1. The second-order valence-corrected chi connectivity index (χ2v) is 3.37. The van der Waals surface area contributed by atoms with Gasteiger partial charge in [-0.3, -0.25) is 9.69 Å². The molecule has 0 aromatic carbocycles. The predicted molar refractivity (Wildman–Crippen MR) is 41.2 cm³/mol. The molecule has 0 bridgehead atoms. The van der Waals surface area contributed by atoms with Gasteiger partial charge in [0.2, 0.25) is 0 Å². The summed E-state index contributed by atoms with van der Waals surface area (Å²) in [7, 11) is 0. The molecule has 1 aliphatic heterocycles. The lowest BCUT2D eigenvalue weighted by atomic mass is 10.4. The van der Waals surface area contributed by atoms with E-state index in [1.54, 1.807) is 0 Å². The topological polar surface area (TPSA) is 40.5 Å². The summed E-state index contributed by atoms with van der Waals surface area (Å²) >= 11 is 1.87. The molecule has 3 nitrogen and oxygen atoms in total. The molecule has 0 saturated carbocycles. The van der Waals surface area contributed by atoms with Crippen LogP contribution in [-0.2, 0) is 4.79 Å². The summed E-state index contributed by atoms with van der Waals surface area (Å²) in [5.41, 5.74) is 0. The van der Waals surface area contributed by atoms with Gasteiger partial charge in [-0.2, -0.15) is 0 Å². The van der Waals surface area contributed by atoms with Gasteiger partial charge in [0.1, 0.15) is 0 Å². The van der Waals surface area contributed by atoms with Gasteiger partial charge in [-0.1, -0.05) is 0 Å². The van der Waals surface area contributed by atoms with Gasteiger partial charge >= 0.3 is 5.97 Å². The molecule has 4 heteroatoms. The average molecular weight is 161 g/mol. The van der Waals surface area contributed by atoms with E-state index in [1.807, 2.05) is 11.8 Å². The van der Waals surface area contributed by atoms with Gasteiger partial charge in [0.15, 0.2) is 0 Å². The van der Waals surface area contributed by atoms with Crippen LogP contribution in [0, 0.1) is 0 Å². The molecule has 0 radical (unpaired) electrons. The molecule has 1 saturated heterocycles. The molecule has 1 rings (SSSR count). The van der Waals surface area contributed by atoms with Crippen LogP contribution in [0.4, 0.5) is 0 Å². The minimum absolute atomic E-state index is 0.278. The predicted octanol–water partition coefficient (Wildman–Crippen LogP) is 0.467. The Labute approximate surface area is 64.4 Å². The lowest BCUT2D eigenvalue weighted by Gasteiger charge is -2.10. The summed E-state index contributed by atoms with van der Waals surface area (Å²) in [6, 6.07) is 0. The van der Waals surface area contributed by atoms with E-state index in [0.717, 1.165) is 18.2 Å². The Hall–Kier alpha value is -0.220. The van der Waals surface area contributed by atoms with Crippen LogP contribution in [0.5, 0.6) is 0 Å². The highest BCUT2D eigenvalue weighted by Gasteiger charge is 2.11. The van der Waals surface area contributed by atoms with Crippen molar-refractivity contribution >= 4 is 17.7 Å². The van der Waals surface area contributed by atoms with Gasteiger partial charge in [0.05, 0.1) is 6.42 Å². The molecule has 0 amide bonds. The summed E-state index contributed by atoms with van der Waals surface area (Å²) in [6.07, 6.45) is 0.278. The lowest BCUT2D eigenvalue weighted by molar-refractivity contribution is -0.137. The maximum Gasteiger partial charge on any atom is 0.304 e. The van der Waals surface area contributed by atoms with Crippen LogP contribution >= 0.6 is 11.8 Å². The minimum atomic E-state index is -0.697. The van der Waals surface area contributed by atoms with Crippen molar-refractivity contribution < 1.29 is 9.90 Å². The summed E-state index contributed by atoms with van der Waals surface area (Å²) in [6.45, 7) is 1.76. The number of hydrogen-bond acceptors (Lipinski definition) is 3. The molecule has 1 N–H and O–H groups in total. The van der Waals surface area contributed by atoms with Crippen LogP contribution < -0.4 is 0 Å². The van der Waals surface area contributed by atoms with Crippen LogP contribution in [0.2, 0.25) is 0 Å². The summed E-state index contributed by atoms with van der Waals surface area (Å²) in [5, 5.41) is 8.34. The van der Waals surface area contributed by atoms with Crippen LogP contribution in [0.25, 0.3) is 0 Å². The number of nitrogens with zero attached hydrogens (tertiary/aromatic N) is 1. The number of aliphatic carboxylic acids is 1. The normalized spacial score (nSPS) is 19.6. The number of carboxylic acid groups (broad SMARTS) is 1. The van der Waals surface area contributed by atoms with Crippen LogP contribution in [0.1, 0.15) is 6.42 Å². The zero-order valence-electron chi connectivity index (χ0n) is 5.75. The Bertz CT molecular complexity index is 123. The zero-order valence-corrected chi connectivity index (χ0v) is 6.56. The fraction of sp³-hybridized carbons (Fsp3) is 0.833. The minimum Gasteiger partial charge on any atom is -0.481 e. The van der Waals surface area contributed by atoms with Crippen molar-refractivity contribution in [2.24, 2.45) is 0 Å². The number of carboxylic acids is 1. The maximum absolute atomic E-state index is 10.1. The van der Waals surface area contributed by atoms with Crippen molar-refractivity contribution in [2.75, 3.05) is 24.7 Å². The van der Waals surface area contributed by atoms with Crippen molar-refractivity contribution in [2.45, 2.75) is 6.42 Å². The number of hydrogen-bond donors (Lipinski definition) is 1. The molecule has 58 valence electrons. The molecular weight excluding hydrogens is 150 g/mol.